The Hall–Kier alpha value is -2.58. The average molecular weight is 411 g/mol. The molecule has 0 bridgehead atoms. The molecule has 30 heavy (non-hydrogen) atoms. The second-order valence-corrected chi connectivity index (χ2v) is 8.37. The number of benzene rings is 1. The molecule has 1 saturated heterocycles. The topological polar surface area (TPSA) is 87.3 Å². The van der Waals surface area contributed by atoms with Crippen LogP contribution in [-0.2, 0) is 0 Å². The zero-order chi connectivity index (χ0) is 20.7. The molecule has 3 aromatic rings. The predicted octanol–water partition coefficient (Wildman–Crippen LogP) is 3.20. The van der Waals surface area contributed by atoms with E-state index in [1.165, 1.54) is 12.1 Å². The number of aromatic nitrogens is 3. The van der Waals surface area contributed by atoms with Crippen LogP contribution in [0.4, 0.5) is 10.2 Å². The van der Waals surface area contributed by atoms with Gasteiger partial charge in [-0.15, -0.1) is 0 Å². The Kier molecular flexibility index (Phi) is 5.12. The van der Waals surface area contributed by atoms with Gasteiger partial charge in [-0.3, -0.25) is 0 Å². The number of aliphatic hydroxyl groups is 1. The Balaban J connectivity index is 1.41. The van der Waals surface area contributed by atoms with Gasteiger partial charge in [-0.2, -0.15) is 4.98 Å². The summed E-state index contributed by atoms with van der Waals surface area (Å²) in [7, 11) is 0. The monoisotopic (exact) mass is 411 g/mol. The predicted molar refractivity (Wildman–Crippen MR) is 112 cm³/mol. The largest absolute Gasteiger partial charge is 0.392 e. The number of fused-ring (bicyclic) bond motifs is 1. The van der Waals surface area contributed by atoms with Gasteiger partial charge in [0.2, 0.25) is 11.7 Å². The molecule has 7 nitrogen and oxygen atoms in total. The van der Waals surface area contributed by atoms with Gasteiger partial charge < -0.3 is 19.8 Å². The summed E-state index contributed by atoms with van der Waals surface area (Å²) in [6, 6.07) is 7.11. The maximum Gasteiger partial charge on any atom is 0.223 e. The van der Waals surface area contributed by atoms with Crippen LogP contribution in [0.15, 0.2) is 28.8 Å². The van der Waals surface area contributed by atoms with Crippen LogP contribution in [0.5, 0.6) is 0 Å². The molecule has 1 aromatic carbocycles. The maximum absolute atomic E-state index is 13.8. The highest BCUT2D eigenvalue weighted by Gasteiger charge is 2.30. The second-order valence-electron chi connectivity index (χ2n) is 8.37. The van der Waals surface area contributed by atoms with Crippen LogP contribution in [0.3, 0.4) is 0 Å². The van der Waals surface area contributed by atoms with E-state index in [1.807, 2.05) is 6.07 Å². The van der Waals surface area contributed by atoms with Crippen molar-refractivity contribution in [2.75, 3.05) is 18.0 Å². The Morgan fingerprint density at radius 1 is 1.13 bits per heavy atom. The van der Waals surface area contributed by atoms with Crippen LogP contribution in [0.1, 0.15) is 38.0 Å². The summed E-state index contributed by atoms with van der Waals surface area (Å²) >= 11 is 0. The lowest BCUT2D eigenvalue weighted by atomic mass is 10.0. The zero-order valence-electron chi connectivity index (χ0n) is 17.0. The lowest BCUT2D eigenvalue weighted by Gasteiger charge is -2.35. The fraction of sp³-hybridized carbons (Fsp3) is 0.500. The number of pyridine rings is 1. The summed E-state index contributed by atoms with van der Waals surface area (Å²) in [5.41, 5.74) is 1.49. The van der Waals surface area contributed by atoms with E-state index in [1.54, 1.807) is 13.0 Å². The molecular weight excluding hydrogens is 385 g/mol. The first-order valence-electron chi connectivity index (χ1n) is 10.7. The Bertz CT molecular complexity index is 1050. The van der Waals surface area contributed by atoms with Crippen LogP contribution in [-0.4, -0.2) is 51.5 Å². The maximum atomic E-state index is 13.8. The van der Waals surface area contributed by atoms with Crippen LogP contribution in [0.2, 0.25) is 0 Å². The van der Waals surface area contributed by atoms with Gasteiger partial charge in [-0.25, -0.2) is 9.37 Å². The smallest absolute Gasteiger partial charge is 0.223 e. The van der Waals surface area contributed by atoms with E-state index in [2.05, 4.69) is 20.4 Å². The van der Waals surface area contributed by atoms with Gasteiger partial charge in [0.05, 0.1) is 17.2 Å². The van der Waals surface area contributed by atoms with Crippen molar-refractivity contribution in [2.45, 2.75) is 57.2 Å². The van der Waals surface area contributed by atoms with E-state index in [0.29, 0.717) is 23.1 Å². The third-order valence-corrected chi connectivity index (χ3v) is 6.25. The molecule has 1 aliphatic heterocycles. The molecule has 0 radical (unpaired) electrons. The Morgan fingerprint density at radius 3 is 2.67 bits per heavy atom. The SMILES string of the molecule is Cc1nc(-c2cc3cc(F)ccc3nc2N2CCC(NC3CCC[C@@H]3O)CC2)no1. The van der Waals surface area contributed by atoms with Gasteiger partial charge in [0.1, 0.15) is 11.6 Å². The molecule has 2 aromatic heterocycles. The number of nitrogens with one attached hydrogen (secondary N) is 1. The molecule has 2 atom stereocenters. The van der Waals surface area contributed by atoms with Crippen LogP contribution >= 0.6 is 0 Å². The molecule has 158 valence electrons. The molecule has 0 spiro atoms. The molecule has 2 fully saturated rings. The molecule has 1 unspecified atom stereocenters. The van der Waals surface area contributed by atoms with Crippen molar-refractivity contribution in [3.63, 3.8) is 0 Å². The van der Waals surface area contributed by atoms with E-state index in [9.17, 15) is 9.50 Å². The molecule has 5 rings (SSSR count). The lowest BCUT2D eigenvalue weighted by Crippen LogP contribution is -2.48. The number of piperidine rings is 1. The third-order valence-electron chi connectivity index (χ3n) is 6.25. The first-order valence-corrected chi connectivity index (χ1v) is 10.7. The van der Waals surface area contributed by atoms with Crippen LogP contribution in [0.25, 0.3) is 22.3 Å². The number of anilines is 1. The Morgan fingerprint density at radius 2 is 1.97 bits per heavy atom. The quantitative estimate of drug-likeness (QED) is 0.682. The number of aliphatic hydroxyl groups excluding tert-OH is 1. The number of nitrogens with zero attached hydrogens (tertiary/aromatic N) is 4. The molecule has 3 heterocycles. The van der Waals surface area contributed by atoms with Crippen molar-refractivity contribution in [3.8, 4) is 11.4 Å². The minimum atomic E-state index is -0.298. The van der Waals surface area contributed by atoms with E-state index in [0.717, 1.165) is 62.1 Å². The van der Waals surface area contributed by atoms with Crippen LogP contribution < -0.4 is 10.2 Å². The summed E-state index contributed by atoms with van der Waals surface area (Å²) in [4.78, 5) is 11.5. The van der Waals surface area contributed by atoms with Crippen LogP contribution in [0, 0.1) is 12.7 Å². The van der Waals surface area contributed by atoms with Crippen molar-refractivity contribution in [1.29, 1.82) is 0 Å². The standard InChI is InChI=1S/C22H26FN5O2/c1-13-24-21(27-30-13)17-12-14-11-15(23)5-6-18(14)26-22(17)28-9-7-16(8-10-28)25-19-3-2-4-20(19)29/h5-6,11-12,16,19-20,25,29H,2-4,7-10H2,1H3/t19?,20-/m0/s1. The number of halogens is 1. The molecule has 1 saturated carbocycles. The van der Waals surface area contributed by atoms with Crippen molar-refractivity contribution < 1.29 is 14.0 Å². The third kappa shape index (κ3) is 3.77. The minimum absolute atomic E-state index is 0.216. The van der Waals surface area contributed by atoms with Gasteiger partial charge in [0.15, 0.2) is 0 Å². The number of hydrogen-bond donors (Lipinski definition) is 2. The highest BCUT2D eigenvalue weighted by Crippen LogP contribution is 2.33. The second kappa shape index (κ2) is 7.92. The molecule has 2 aliphatic rings. The fourth-order valence-corrected chi connectivity index (χ4v) is 4.65. The highest BCUT2D eigenvalue weighted by atomic mass is 19.1. The van der Waals surface area contributed by atoms with Gasteiger partial charge in [-0.1, -0.05) is 5.16 Å². The number of rotatable bonds is 4. The van der Waals surface area contributed by atoms with E-state index < -0.39 is 0 Å². The normalized spacial score (nSPS) is 22.8. The number of aryl methyl sites for hydroxylation is 1. The average Bonchev–Trinajstić information content (AvgIpc) is 3.36. The van der Waals surface area contributed by atoms with Crippen molar-refractivity contribution >= 4 is 16.7 Å². The number of hydrogen-bond acceptors (Lipinski definition) is 7. The lowest BCUT2D eigenvalue weighted by molar-refractivity contribution is 0.140. The van der Waals surface area contributed by atoms with Gasteiger partial charge in [0.25, 0.3) is 0 Å². The first kappa shape index (κ1) is 19.4. The molecule has 2 N–H and O–H groups in total. The zero-order valence-corrected chi connectivity index (χ0v) is 17.0. The Labute approximate surface area is 174 Å². The van der Waals surface area contributed by atoms with E-state index in [4.69, 9.17) is 9.51 Å². The molecule has 1 aliphatic carbocycles. The van der Waals surface area contributed by atoms with Crippen molar-refractivity contribution in [3.05, 3.63) is 36.0 Å². The van der Waals surface area contributed by atoms with E-state index >= 15 is 0 Å². The summed E-state index contributed by atoms with van der Waals surface area (Å²) in [6.07, 6.45) is 4.75. The van der Waals surface area contributed by atoms with Gasteiger partial charge in [0, 0.05) is 37.5 Å². The minimum Gasteiger partial charge on any atom is -0.392 e. The van der Waals surface area contributed by atoms with Crippen molar-refractivity contribution in [2.24, 2.45) is 0 Å². The molecule has 0 amide bonds. The summed E-state index contributed by atoms with van der Waals surface area (Å²) in [5.74, 6) is 1.45. The highest BCUT2D eigenvalue weighted by molar-refractivity contribution is 5.88. The fourth-order valence-electron chi connectivity index (χ4n) is 4.65. The molecular formula is C22H26FN5O2. The van der Waals surface area contributed by atoms with Gasteiger partial charge >= 0.3 is 0 Å². The summed E-state index contributed by atoms with van der Waals surface area (Å²) in [5, 5.41) is 18.5. The summed E-state index contributed by atoms with van der Waals surface area (Å²) < 4.78 is 18.9. The van der Waals surface area contributed by atoms with Gasteiger partial charge in [-0.05, 0) is 56.4 Å². The molecule has 8 heteroatoms. The van der Waals surface area contributed by atoms with Crippen molar-refractivity contribution in [1.82, 2.24) is 20.4 Å². The first-order chi connectivity index (χ1) is 14.6. The summed E-state index contributed by atoms with van der Waals surface area (Å²) in [6.45, 7) is 3.42. The van der Waals surface area contributed by atoms with E-state index in [-0.39, 0.29) is 18.0 Å².